The number of alkyl carbamates (subject to hydrolysis) is 1. The van der Waals surface area contributed by atoms with Gasteiger partial charge in [-0.3, -0.25) is 4.79 Å². The minimum atomic E-state index is -0.872. The van der Waals surface area contributed by atoms with Crippen molar-refractivity contribution in [2.75, 3.05) is 49.5 Å². The second kappa shape index (κ2) is 15.2. The highest BCUT2D eigenvalue weighted by atomic mass is 16.6. The maximum absolute atomic E-state index is 14.0. The van der Waals surface area contributed by atoms with Crippen molar-refractivity contribution in [2.24, 2.45) is 0 Å². The van der Waals surface area contributed by atoms with Crippen molar-refractivity contribution in [3.63, 3.8) is 0 Å². The molecule has 0 spiro atoms. The lowest BCUT2D eigenvalue weighted by Crippen LogP contribution is -2.35. The Bertz CT molecular complexity index is 1830. The van der Waals surface area contributed by atoms with Gasteiger partial charge >= 0.3 is 12.2 Å². The second-order valence-electron chi connectivity index (χ2n) is 11.6. The van der Waals surface area contributed by atoms with E-state index in [-0.39, 0.29) is 30.5 Å². The third-order valence-electron chi connectivity index (χ3n) is 7.07. The Morgan fingerprint density at radius 3 is 2.50 bits per heavy atom. The molecule has 48 heavy (non-hydrogen) atoms. The quantitative estimate of drug-likeness (QED) is 0.133. The fourth-order valence-corrected chi connectivity index (χ4v) is 4.91. The number of likely N-dealkylation sites (N-methyl/N-ethyl adjacent to an activating group) is 1. The molecule has 3 amide bonds. The van der Waals surface area contributed by atoms with Gasteiger partial charge in [-0.05, 0) is 45.0 Å². The maximum atomic E-state index is 14.0. The van der Waals surface area contributed by atoms with Gasteiger partial charge in [-0.1, -0.05) is 30.9 Å². The average molecular weight is 656 g/mol. The zero-order valence-corrected chi connectivity index (χ0v) is 28.1. The highest BCUT2D eigenvalue weighted by molar-refractivity contribution is 6.04. The minimum absolute atomic E-state index is 0.0154. The molecule has 0 unspecified atom stereocenters. The molecule has 0 saturated carbocycles. The molecular formula is C35H41N7O6. The summed E-state index contributed by atoms with van der Waals surface area (Å²) in [6.45, 7) is 13.6. The van der Waals surface area contributed by atoms with Crippen LogP contribution in [-0.2, 0) is 20.8 Å². The maximum Gasteiger partial charge on any atom is 0.422 e. The van der Waals surface area contributed by atoms with E-state index in [1.165, 1.54) is 19.1 Å². The first-order valence-electron chi connectivity index (χ1n) is 15.2. The van der Waals surface area contributed by atoms with Crippen LogP contribution < -0.4 is 25.2 Å². The van der Waals surface area contributed by atoms with Gasteiger partial charge in [-0.25, -0.2) is 24.5 Å². The van der Waals surface area contributed by atoms with E-state index in [2.05, 4.69) is 33.3 Å². The van der Waals surface area contributed by atoms with Crippen LogP contribution in [0.2, 0.25) is 0 Å². The summed E-state index contributed by atoms with van der Waals surface area (Å²) >= 11 is 0. The minimum Gasteiger partial charge on any atom is -0.494 e. The van der Waals surface area contributed by atoms with Crippen LogP contribution in [0.15, 0.2) is 80.2 Å². The summed E-state index contributed by atoms with van der Waals surface area (Å²) < 4.78 is 18.8. The van der Waals surface area contributed by atoms with Crippen molar-refractivity contribution in [3.8, 4) is 17.0 Å². The summed E-state index contributed by atoms with van der Waals surface area (Å²) in [5.41, 5.74) is 2.57. The predicted molar refractivity (Wildman–Crippen MR) is 187 cm³/mol. The number of hydrogen-bond donors (Lipinski definition) is 2. The SMILES string of the molecule is C=CCn1cc(-c2ccnc(N(C(=O)OC(C)(C)C)c3cc(NC(=O)C=C)c(N(C)CCOC(=O)NC)cc3OC)n2)c2ccccc21. The first-order valence-corrected chi connectivity index (χ1v) is 15.2. The molecule has 252 valence electrons. The number of allylic oxidation sites excluding steroid dienone is 1. The fourth-order valence-electron chi connectivity index (χ4n) is 4.91. The Labute approximate surface area is 279 Å². The number of carbonyl (C=O) groups is 3. The van der Waals surface area contributed by atoms with Gasteiger partial charge in [0.15, 0.2) is 0 Å². The first kappa shape index (κ1) is 35.0. The number of rotatable bonds is 12. The van der Waals surface area contributed by atoms with Crippen molar-refractivity contribution < 1.29 is 28.6 Å². The molecular weight excluding hydrogens is 614 g/mol. The number of hydrogen-bond acceptors (Lipinski definition) is 9. The predicted octanol–water partition coefficient (Wildman–Crippen LogP) is 6.28. The van der Waals surface area contributed by atoms with Gasteiger partial charge in [-0.2, -0.15) is 0 Å². The summed E-state index contributed by atoms with van der Waals surface area (Å²) in [7, 11) is 4.68. The number of ether oxygens (including phenoxy) is 3. The smallest absolute Gasteiger partial charge is 0.422 e. The summed E-state index contributed by atoms with van der Waals surface area (Å²) in [5.74, 6) is -0.217. The topological polar surface area (TPSA) is 140 Å². The number of fused-ring (bicyclic) bond motifs is 1. The third kappa shape index (κ3) is 8.10. The van der Waals surface area contributed by atoms with Crippen LogP contribution in [0.5, 0.6) is 5.75 Å². The van der Waals surface area contributed by atoms with Crippen LogP contribution in [0.3, 0.4) is 0 Å². The lowest BCUT2D eigenvalue weighted by molar-refractivity contribution is -0.111. The Hall–Kier alpha value is -5.85. The first-order chi connectivity index (χ1) is 22.9. The van der Waals surface area contributed by atoms with E-state index >= 15 is 0 Å². The van der Waals surface area contributed by atoms with E-state index in [1.807, 2.05) is 36.5 Å². The van der Waals surface area contributed by atoms with Gasteiger partial charge < -0.3 is 34.3 Å². The number of methoxy groups -OCH3 is 1. The molecule has 0 saturated heterocycles. The number of anilines is 4. The van der Waals surface area contributed by atoms with Crippen molar-refractivity contribution in [1.82, 2.24) is 19.9 Å². The summed E-state index contributed by atoms with van der Waals surface area (Å²) in [5, 5.41) is 6.17. The van der Waals surface area contributed by atoms with Crippen LogP contribution >= 0.6 is 0 Å². The Kier molecular flexibility index (Phi) is 11.1. The van der Waals surface area contributed by atoms with E-state index in [4.69, 9.17) is 19.2 Å². The molecule has 0 atom stereocenters. The summed E-state index contributed by atoms with van der Waals surface area (Å²) in [6.07, 6.45) is 5.15. The standard InChI is InChI=1S/C35H41N7O6/c1-9-17-41-22-24(23-13-11-12-14-27(23)41)25-15-16-37-32(39-25)42(34(45)48-35(3,4)5)29-20-26(38-31(43)10-2)28(21-30(29)46-8)40(7)18-19-47-33(44)36-6/h9-16,20-22H,1-2,17-19H2,3-8H3,(H,36,44)(H,38,43). The molecule has 2 N–H and O–H groups in total. The molecule has 13 heteroatoms. The lowest BCUT2D eigenvalue weighted by atomic mass is 10.1. The number of nitrogens with one attached hydrogen (secondary N) is 2. The van der Waals surface area contributed by atoms with Gasteiger partial charge in [0.2, 0.25) is 11.9 Å². The molecule has 4 rings (SSSR count). The molecule has 0 aliphatic heterocycles. The molecule has 4 aromatic rings. The monoisotopic (exact) mass is 655 g/mol. The number of benzene rings is 2. The van der Waals surface area contributed by atoms with Crippen LogP contribution in [0.1, 0.15) is 20.8 Å². The number of para-hydroxylation sites is 1. The molecule has 0 aliphatic rings. The van der Waals surface area contributed by atoms with Crippen molar-refractivity contribution in [1.29, 1.82) is 0 Å². The third-order valence-corrected chi connectivity index (χ3v) is 7.07. The van der Waals surface area contributed by atoms with E-state index < -0.39 is 23.7 Å². The van der Waals surface area contributed by atoms with E-state index in [9.17, 15) is 14.4 Å². The van der Waals surface area contributed by atoms with Crippen LogP contribution in [0.4, 0.5) is 32.6 Å². The zero-order valence-electron chi connectivity index (χ0n) is 28.1. The molecule has 2 heterocycles. The zero-order chi connectivity index (χ0) is 35.0. The molecule has 0 radical (unpaired) electrons. The Balaban J connectivity index is 1.89. The Morgan fingerprint density at radius 1 is 1.08 bits per heavy atom. The normalized spacial score (nSPS) is 11.0. The molecule has 13 nitrogen and oxygen atoms in total. The van der Waals surface area contributed by atoms with Crippen molar-refractivity contribution in [3.05, 3.63) is 80.2 Å². The highest BCUT2D eigenvalue weighted by Crippen LogP contribution is 2.42. The number of nitrogens with zero attached hydrogens (tertiary/aromatic N) is 5. The second-order valence-corrected chi connectivity index (χ2v) is 11.6. The highest BCUT2D eigenvalue weighted by Gasteiger charge is 2.31. The van der Waals surface area contributed by atoms with Gasteiger partial charge in [0.1, 0.15) is 18.0 Å². The van der Waals surface area contributed by atoms with Crippen LogP contribution in [0.25, 0.3) is 22.2 Å². The van der Waals surface area contributed by atoms with Crippen molar-refractivity contribution >= 4 is 52.0 Å². The summed E-state index contributed by atoms with van der Waals surface area (Å²) in [6, 6.07) is 12.9. The number of aromatic nitrogens is 3. The van der Waals surface area contributed by atoms with Gasteiger partial charge in [0, 0.05) is 55.6 Å². The van der Waals surface area contributed by atoms with E-state index in [0.29, 0.717) is 23.6 Å². The van der Waals surface area contributed by atoms with Gasteiger partial charge in [0.05, 0.1) is 36.4 Å². The Morgan fingerprint density at radius 2 is 1.83 bits per heavy atom. The van der Waals surface area contributed by atoms with Gasteiger partial charge in [0.25, 0.3) is 0 Å². The largest absolute Gasteiger partial charge is 0.494 e. The molecule has 0 fully saturated rings. The van der Waals surface area contributed by atoms with Crippen LogP contribution in [0, 0.1) is 0 Å². The van der Waals surface area contributed by atoms with E-state index in [1.54, 1.807) is 57.1 Å². The average Bonchev–Trinajstić information content (AvgIpc) is 3.42. The lowest BCUT2D eigenvalue weighted by Gasteiger charge is -2.29. The molecule has 2 aromatic carbocycles. The van der Waals surface area contributed by atoms with Crippen molar-refractivity contribution in [2.45, 2.75) is 32.9 Å². The summed E-state index contributed by atoms with van der Waals surface area (Å²) in [4.78, 5) is 50.5. The molecule has 0 aliphatic carbocycles. The molecule has 2 aromatic heterocycles. The van der Waals surface area contributed by atoms with Gasteiger partial charge in [-0.15, -0.1) is 6.58 Å². The number of carbonyl (C=O) groups excluding carboxylic acids is 3. The number of amides is 3. The van der Waals surface area contributed by atoms with E-state index in [0.717, 1.165) is 22.5 Å². The van der Waals surface area contributed by atoms with Crippen LogP contribution in [-0.4, -0.2) is 72.6 Å². The fraction of sp³-hybridized carbons (Fsp3) is 0.286. The molecule has 0 bridgehead atoms.